The van der Waals surface area contributed by atoms with Crippen molar-refractivity contribution in [3.63, 3.8) is 0 Å². The number of aromatic nitrogens is 2. The first kappa shape index (κ1) is 22.0. The Hall–Kier alpha value is -3.25. The second-order valence-corrected chi connectivity index (χ2v) is 9.77. The van der Waals surface area contributed by atoms with E-state index in [-0.39, 0.29) is 11.0 Å². The van der Waals surface area contributed by atoms with Crippen LogP contribution in [0.5, 0.6) is 11.5 Å². The van der Waals surface area contributed by atoms with E-state index in [9.17, 15) is 4.79 Å². The Balaban J connectivity index is 1.63. The van der Waals surface area contributed by atoms with Gasteiger partial charge in [-0.25, -0.2) is 4.98 Å². The number of hydrogen-bond donors (Lipinski definition) is 0. The summed E-state index contributed by atoms with van der Waals surface area (Å²) in [5.41, 5.74) is 0.537. The average Bonchev–Trinajstić information content (AvgIpc) is 2.78. The Labute approximate surface area is 192 Å². The monoisotopic (exact) mass is 446 g/mol. The van der Waals surface area contributed by atoms with Crippen molar-refractivity contribution in [2.75, 3.05) is 13.7 Å². The van der Waals surface area contributed by atoms with Crippen molar-refractivity contribution < 1.29 is 9.47 Å². The van der Waals surface area contributed by atoms with Crippen LogP contribution in [0.2, 0.25) is 0 Å². The molecule has 0 radical (unpaired) electrons. The number of hydrogen-bond acceptors (Lipinski definition) is 5. The lowest BCUT2D eigenvalue weighted by atomic mass is 9.99. The van der Waals surface area contributed by atoms with Crippen molar-refractivity contribution in [1.82, 2.24) is 9.55 Å². The van der Waals surface area contributed by atoms with Crippen molar-refractivity contribution in [3.05, 3.63) is 83.4 Å². The molecule has 4 rings (SSSR count). The van der Waals surface area contributed by atoms with E-state index < -0.39 is 0 Å². The van der Waals surface area contributed by atoms with Gasteiger partial charge in [-0.15, -0.1) is 0 Å². The summed E-state index contributed by atoms with van der Waals surface area (Å²) in [5, 5.41) is 2.70. The molecule has 0 amide bonds. The van der Waals surface area contributed by atoms with Gasteiger partial charge in [-0.1, -0.05) is 62.9 Å². The normalized spacial score (nSPS) is 11.5. The van der Waals surface area contributed by atoms with Gasteiger partial charge in [0.15, 0.2) is 16.5 Å². The van der Waals surface area contributed by atoms with Crippen LogP contribution in [0.1, 0.15) is 20.8 Å². The second-order valence-electron chi connectivity index (χ2n) is 8.70. The van der Waals surface area contributed by atoms with Gasteiger partial charge in [0.05, 0.1) is 19.4 Å². The number of benzene rings is 3. The zero-order valence-electron chi connectivity index (χ0n) is 18.7. The molecule has 0 saturated heterocycles. The third-order valence-corrected chi connectivity index (χ3v) is 5.79. The summed E-state index contributed by atoms with van der Waals surface area (Å²) in [6.07, 6.45) is 3.30. The zero-order chi connectivity index (χ0) is 22.7. The fourth-order valence-corrected chi connectivity index (χ4v) is 4.07. The van der Waals surface area contributed by atoms with Gasteiger partial charge in [-0.3, -0.25) is 9.36 Å². The van der Waals surface area contributed by atoms with Crippen molar-refractivity contribution in [3.8, 4) is 17.2 Å². The van der Waals surface area contributed by atoms with Crippen LogP contribution in [0, 0.1) is 5.41 Å². The standard InChI is InChI=1S/C26H26N2O3S/c1-26(2,3)17-31-22-12-10-20(16-23(22)30-4)28-14-13-27-24(25(28)29)32-21-11-9-18-7-5-6-8-19(18)15-21/h5-16H,17H2,1-4H3. The molecule has 164 valence electrons. The average molecular weight is 447 g/mol. The zero-order valence-corrected chi connectivity index (χ0v) is 19.5. The van der Waals surface area contributed by atoms with Crippen molar-refractivity contribution in [2.45, 2.75) is 30.7 Å². The molecule has 5 nitrogen and oxygen atoms in total. The second kappa shape index (κ2) is 9.09. The Morgan fingerprint density at radius 1 is 0.969 bits per heavy atom. The van der Waals surface area contributed by atoms with Crippen LogP contribution in [0.25, 0.3) is 16.5 Å². The third-order valence-electron chi connectivity index (χ3n) is 4.83. The van der Waals surface area contributed by atoms with Gasteiger partial charge in [0, 0.05) is 23.4 Å². The van der Waals surface area contributed by atoms with Crippen LogP contribution in [-0.2, 0) is 0 Å². The molecule has 1 heterocycles. The highest BCUT2D eigenvalue weighted by atomic mass is 32.2. The molecular weight excluding hydrogens is 420 g/mol. The Bertz CT molecular complexity index is 1310. The van der Waals surface area contributed by atoms with Crippen LogP contribution in [0.4, 0.5) is 0 Å². The lowest BCUT2D eigenvalue weighted by molar-refractivity contribution is 0.191. The van der Waals surface area contributed by atoms with Crippen molar-refractivity contribution >= 4 is 22.5 Å². The fourth-order valence-electron chi connectivity index (χ4n) is 3.23. The molecule has 0 saturated carbocycles. The topological polar surface area (TPSA) is 53.4 Å². The molecule has 0 spiro atoms. The van der Waals surface area contributed by atoms with Crippen molar-refractivity contribution in [2.24, 2.45) is 5.41 Å². The Kier molecular flexibility index (Phi) is 6.24. The molecule has 0 N–H and O–H groups in total. The van der Waals surface area contributed by atoms with Gasteiger partial charge in [-0.2, -0.15) is 0 Å². The van der Waals surface area contributed by atoms with Gasteiger partial charge < -0.3 is 9.47 Å². The number of nitrogens with zero attached hydrogens (tertiary/aromatic N) is 2. The molecule has 0 bridgehead atoms. The summed E-state index contributed by atoms with van der Waals surface area (Å²) in [7, 11) is 1.60. The summed E-state index contributed by atoms with van der Waals surface area (Å²) < 4.78 is 13.0. The van der Waals surface area contributed by atoms with E-state index in [1.807, 2.05) is 36.4 Å². The van der Waals surface area contributed by atoms with Crippen molar-refractivity contribution in [1.29, 1.82) is 0 Å². The van der Waals surface area contributed by atoms with E-state index >= 15 is 0 Å². The Morgan fingerprint density at radius 2 is 1.75 bits per heavy atom. The molecule has 3 aromatic carbocycles. The molecular formula is C26H26N2O3S. The first-order valence-corrected chi connectivity index (χ1v) is 11.2. The number of methoxy groups -OCH3 is 1. The highest BCUT2D eigenvalue weighted by Crippen LogP contribution is 2.31. The Morgan fingerprint density at radius 3 is 2.50 bits per heavy atom. The minimum absolute atomic E-state index is 0.0284. The van der Waals surface area contributed by atoms with Crippen LogP contribution in [-0.4, -0.2) is 23.3 Å². The first-order valence-electron chi connectivity index (χ1n) is 10.4. The molecule has 0 atom stereocenters. The lowest BCUT2D eigenvalue weighted by Gasteiger charge is -2.20. The molecule has 0 aliphatic rings. The largest absolute Gasteiger partial charge is 0.493 e. The number of ether oxygens (including phenoxy) is 2. The lowest BCUT2D eigenvalue weighted by Crippen LogP contribution is -2.20. The maximum atomic E-state index is 13.2. The van der Waals surface area contributed by atoms with Gasteiger partial charge in [0.1, 0.15) is 0 Å². The maximum Gasteiger partial charge on any atom is 0.287 e. The number of rotatable bonds is 6. The smallest absolute Gasteiger partial charge is 0.287 e. The molecule has 0 fully saturated rings. The van der Waals surface area contributed by atoms with E-state index in [0.717, 1.165) is 15.7 Å². The summed E-state index contributed by atoms with van der Waals surface area (Å²) in [5.74, 6) is 1.23. The molecule has 1 aromatic heterocycles. The van der Waals surface area contributed by atoms with E-state index in [1.54, 1.807) is 24.1 Å². The molecule has 0 aliphatic heterocycles. The first-order chi connectivity index (χ1) is 15.3. The molecule has 0 aliphatic carbocycles. The predicted molar refractivity (Wildman–Crippen MR) is 129 cm³/mol. The third kappa shape index (κ3) is 4.97. The summed E-state index contributed by atoms with van der Waals surface area (Å²) >= 11 is 1.36. The van der Waals surface area contributed by atoms with Crippen LogP contribution in [0.3, 0.4) is 0 Å². The van der Waals surface area contributed by atoms with Crippen LogP contribution in [0.15, 0.2) is 87.8 Å². The summed E-state index contributed by atoms with van der Waals surface area (Å²) in [4.78, 5) is 18.5. The van der Waals surface area contributed by atoms with Gasteiger partial charge in [0.25, 0.3) is 5.56 Å². The highest BCUT2D eigenvalue weighted by Gasteiger charge is 2.15. The minimum Gasteiger partial charge on any atom is -0.493 e. The molecule has 32 heavy (non-hydrogen) atoms. The quantitative estimate of drug-likeness (QED) is 0.365. The SMILES string of the molecule is COc1cc(-n2ccnc(Sc3ccc4ccccc4c3)c2=O)ccc1OCC(C)(C)C. The van der Waals surface area contributed by atoms with E-state index in [2.05, 4.69) is 50.0 Å². The van der Waals surface area contributed by atoms with E-state index in [4.69, 9.17) is 9.47 Å². The fraction of sp³-hybridized carbons (Fsp3) is 0.231. The van der Waals surface area contributed by atoms with Crippen LogP contribution >= 0.6 is 11.8 Å². The minimum atomic E-state index is -0.184. The molecule has 6 heteroatoms. The van der Waals surface area contributed by atoms with Crippen LogP contribution < -0.4 is 15.0 Å². The van der Waals surface area contributed by atoms with E-state index in [1.165, 1.54) is 11.8 Å². The molecule has 0 unspecified atom stereocenters. The summed E-state index contributed by atoms with van der Waals surface area (Å²) in [6, 6.07) is 19.8. The predicted octanol–water partition coefficient (Wildman–Crippen LogP) is 5.97. The van der Waals surface area contributed by atoms with E-state index in [0.29, 0.717) is 28.8 Å². The highest BCUT2D eigenvalue weighted by molar-refractivity contribution is 7.99. The number of fused-ring (bicyclic) bond motifs is 1. The van der Waals surface area contributed by atoms with Gasteiger partial charge in [0.2, 0.25) is 0 Å². The van der Waals surface area contributed by atoms with Gasteiger partial charge in [-0.05, 0) is 40.5 Å². The summed E-state index contributed by atoms with van der Waals surface area (Å²) in [6.45, 7) is 6.89. The van der Waals surface area contributed by atoms with Gasteiger partial charge >= 0.3 is 0 Å². The maximum absolute atomic E-state index is 13.2. The molecule has 4 aromatic rings.